The maximum atomic E-state index is 9.32. The number of aliphatic hydroxyl groups is 1. The second-order valence-electron chi connectivity index (χ2n) is 6.47. The highest BCUT2D eigenvalue weighted by molar-refractivity contribution is 5.13. The molecular formula is C17H26O3. The lowest BCUT2D eigenvalue weighted by molar-refractivity contribution is -0.236. The Morgan fingerprint density at radius 2 is 1.95 bits per heavy atom. The largest absolute Gasteiger partial charge is 0.396 e. The van der Waals surface area contributed by atoms with Crippen LogP contribution in [0.5, 0.6) is 0 Å². The Morgan fingerprint density at radius 3 is 2.60 bits per heavy atom. The fourth-order valence-electron chi connectivity index (χ4n) is 3.00. The zero-order chi connectivity index (χ0) is 14.6. The standard InChI is InChI=1S/C17H26O3/c1-16(2)10-9-15(17(3,20-16)11-12-18)19-13-14-7-5-4-6-8-14/h4-8,15,18H,9-13H2,1-3H3/t15-,17-/m0/s1. The quantitative estimate of drug-likeness (QED) is 0.898. The molecule has 0 bridgehead atoms. The van der Waals surface area contributed by atoms with Gasteiger partial charge in [-0.05, 0) is 39.2 Å². The molecular weight excluding hydrogens is 252 g/mol. The van der Waals surface area contributed by atoms with E-state index in [-0.39, 0.29) is 18.3 Å². The van der Waals surface area contributed by atoms with Gasteiger partial charge in [0.05, 0.1) is 23.9 Å². The van der Waals surface area contributed by atoms with Gasteiger partial charge in [-0.25, -0.2) is 0 Å². The van der Waals surface area contributed by atoms with Crippen molar-refractivity contribution in [1.29, 1.82) is 0 Å². The van der Waals surface area contributed by atoms with E-state index in [0.29, 0.717) is 13.0 Å². The monoisotopic (exact) mass is 278 g/mol. The van der Waals surface area contributed by atoms with E-state index in [0.717, 1.165) is 12.8 Å². The van der Waals surface area contributed by atoms with Gasteiger partial charge in [-0.1, -0.05) is 30.3 Å². The summed E-state index contributed by atoms with van der Waals surface area (Å²) >= 11 is 0. The Hall–Kier alpha value is -0.900. The van der Waals surface area contributed by atoms with Gasteiger partial charge in [0, 0.05) is 13.0 Å². The molecule has 0 radical (unpaired) electrons. The molecule has 1 saturated heterocycles. The van der Waals surface area contributed by atoms with E-state index in [1.54, 1.807) is 0 Å². The molecule has 0 spiro atoms. The average molecular weight is 278 g/mol. The molecule has 1 fully saturated rings. The lowest BCUT2D eigenvalue weighted by atomic mass is 9.83. The average Bonchev–Trinajstić information content (AvgIpc) is 2.38. The predicted molar refractivity (Wildman–Crippen MR) is 79.5 cm³/mol. The Bertz CT molecular complexity index is 416. The maximum absolute atomic E-state index is 9.32. The minimum Gasteiger partial charge on any atom is -0.396 e. The molecule has 1 aromatic carbocycles. The van der Waals surface area contributed by atoms with Crippen LogP contribution in [0.2, 0.25) is 0 Å². The summed E-state index contributed by atoms with van der Waals surface area (Å²) in [5.41, 5.74) is 0.616. The molecule has 2 atom stereocenters. The second-order valence-corrected chi connectivity index (χ2v) is 6.47. The molecule has 0 saturated carbocycles. The molecule has 3 heteroatoms. The number of hydrogen-bond donors (Lipinski definition) is 1. The Labute approximate surface area is 121 Å². The molecule has 20 heavy (non-hydrogen) atoms. The van der Waals surface area contributed by atoms with E-state index >= 15 is 0 Å². The minimum atomic E-state index is -0.411. The summed E-state index contributed by atoms with van der Waals surface area (Å²) < 4.78 is 12.3. The first-order chi connectivity index (χ1) is 9.45. The molecule has 0 aliphatic carbocycles. The smallest absolute Gasteiger partial charge is 0.0944 e. The van der Waals surface area contributed by atoms with Crippen LogP contribution in [-0.4, -0.2) is 29.0 Å². The van der Waals surface area contributed by atoms with Crippen molar-refractivity contribution >= 4 is 0 Å². The van der Waals surface area contributed by atoms with Crippen molar-refractivity contribution in [1.82, 2.24) is 0 Å². The van der Waals surface area contributed by atoms with Gasteiger partial charge < -0.3 is 14.6 Å². The van der Waals surface area contributed by atoms with Crippen molar-refractivity contribution in [2.75, 3.05) is 6.61 Å². The summed E-state index contributed by atoms with van der Waals surface area (Å²) in [5, 5.41) is 9.32. The van der Waals surface area contributed by atoms with Crippen molar-refractivity contribution < 1.29 is 14.6 Å². The van der Waals surface area contributed by atoms with Crippen LogP contribution in [0.3, 0.4) is 0 Å². The highest BCUT2D eigenvalue weighted by Crippen LogP contribution is 2.39. The van der Waals surface area contributed by atoms with E-state index in [9.17, 15) is 5.11 Å². The third-order valence-electron chi connectivity index (χ3n) is 4.10. The van der Waals surface area contributed by atoms with Crippen molar-refractivity contribution in [3.63, 3.8) is 0 Å². The lowest BCUT2D eigenvalue weighted by Crippen LogP contribution is -2.54. The maximum Gasteiger partial charge on any atom is 0.0944 e. The number of hydrogen-bond acceptors (Lipinski definition) is 3. The number of rotatable bonds is 5. The summed E-state index contributed by atoms with van der Waals surface area (Å²) in [5.74, 6) is 0. The van der Waals surface area contributed by atoms with Gasteiger partial charge in [0.25, 0.3) is 0 Å². The van der Waals surface area contributed by atoms with Gasteiger partial charge in [-0.2, -0.15) is 0 Å². The van der Waals surface area contributed by atoms with Gasteiger partial charge in [-0.15, -0.1) is 0 Å². The number of benzene rings is 1. The van der Waals surface area contributed by atoms with Crippen LogP contribution in [0.4, 0.5) is 0 Å². The van der Waals surface area contributed by atoms with E-state index in [1.807, 2.05) is 18.2 Å². The molecule has 1 aromatic rings. The predicted octanol–water partition coefficient (Wildman–Crippen LogP) is 3.30. The van der Waals surface area contributed by atoms with Crippen LogP contribution in [-0.2, 0) is 16.1 Å². The first-order valence-electron chi connectivity index (χ1n) is 7.42. The molecule has 1 N–H and O–H groups in total. The normalized spacial score (nSPS) is 29.3. The fourth-order valence-corrected chi connectivity index (χ4v) is 3.00. The third-order valence-corrected chi connectivity index (χ3v) is 4.10. The molecule has 2 rings (SSSR count). The van der Waals surface area contributed by atoms with Crippen LogP contribution in [0.1, 0.15) is 45.6 Å². The van der Waals surface area contributed by atoms with Crippen molar-refractivity contribution in [3.8, 4) is 0 Å². The summed E-state index contributed by atoms with van der Waals surface area (Å²) in [6, 6.07) is 10.2. The molecule has 0 amide bonds. The van der Waals surface area contributed by atoms with E-state index in [2.05, 4.69) is 32.9 Å². The highest BCUT2D eigenvalue weighted by Gasteiger charge is 2.44. The SMILES string of the molecule is CC1(C)CC[C@H](OCc2ccccc2)[C@](C)(CCO)O1. The fraction of sp³-hybridized carbons (Fsp3) is 0.647. The van der Waals surface area contributed by atoms with E-state index in [1.165, 1.54) is 5.56 Å². The summed E-state index contributed by atoms with van der Waals surface area (Å²) in [4.78, 5) is 0. The highest BCUT2D eigenvalue weighted by atomic mass is 16.6. The van der Waals surface area contributed by atoms with Gasteiger partial charge in [0.2, 0.25) is 0 Å². The molecule has 112 valence electrons. The summed E-state index contributed by atoms with van der Waals surface area (Å²) in [7, 11) is 0. The van der Waals surface area contributed by atoms with Gasteiger partial charge in [0.1, 0.15) is 0 Å². The van der Waals surface area contributed by atoms with E-state index in [4.69, 9.17) is 9.47 Å². The third kappa shape index (κ3) is 3.81. The second kappa shape index (κ2) is 6.25. The topological polar surface area (TPSA) is 38.7 Å². The van der Waals surface area contributed by atoms with Crippen LogP contribution < -0.4 is 0 Å². The van der Waals surface area contributed by atoms with Crippen molar-refractivity contribution in [2.45, 2.75) is 63.9 Å². The van der Waals surface area contributed by atoms with E-state index < -0.39 is 5.60 Å². The Morgan fingerprint density at radius 1 is 1.25 bits per heavy atom. The zero-order valence-corrected chi connectivity index (χ0v) is 12.8. The Balaban J connectivity index is 2.01. The van der Waals surface area contributed by atoms with Gasteiger partial charge >= 0.3 is 0 Å². The van der Waals surface area contributed by atoms with Crippen LogP contribution in [0.25, 0.3) is 0 Å². The van der Waals surface area contributed by atoms with Crippen LogP contribution in [0, 0.1) is 0 Å². The van der Waals surface area contributed by atoms with Crippen molar-refractivity contribution in [3.05, 3.63) is 35.9 Å². The summed E-state index contributed by atoms with van der Waals surface area (Å²) in [6.07, 6.45) is 2.59. The minimum absolute atomic E-state index is 0.0304. The summed E-state index contributed by atoms with van der Waals surface area (Å²) in [6.45, 7) is 6.99. The van der Waals surface area contributed by atoms with Crippen molar-refractivity contribution in [2.24, 2.45) is 0 Å². The molecule has 1 aliphatic heterocycles. The molecule has 1 aliphatic rings. The first kappa shape index (κ1) is 15.5. The van der Waals surface area contributed by atoms with Gasteiger partial charge in [-0.3, -0.25) is 0 Å². The van der Waals surface area contributed by atoms with Gasteiger partial charge in [0.15, 0.2) is 0 Å². The lowest BCUT2D eigenvalue weighted by Gasteiger charge is -2.48. The zero-order valence-electron chi connectivity index (χ0n) is 12.8. The van der Waals surface area contributed by atoms with Crippen LogP contribution >= 0.6 is 0 Å². The molecule has 0 unspecified atom stereocenters. The Kier molecular flexibility index (Phi) is 4.84. The number of aliphatic hydroxyl groups excluding tert-OH is 1. The van der Waals surface area contributed by atoms with Crippen LogP contribution in [0.15, 0.2) is 30.3 Å². The molecule has 0 aromatic heterocycles. The molecule has 3 nitrogen and oxygen atoms in total. The first-order valence-corrected chi connectivity index (χ1v) is 7.42. The molecule has 1 heterocycles. The number of ether oxygens (including phenoxy) is 2.